The van der Waals surface area contributed by atoms with Crippen LogP contribution in [0, 0.1) is 19.7 Å². The average Bonchev–Trinajstić information content (AvgIpc) is 2.82. The van der Waals surface area contributed by atoms with Crippen molar-refractivity contribution < 1.29 is 17.9 Å². The van der Waals surface area contributed by atoms with Gasteiger partial charge in [-0.2, -0.15) is 0 Å². The van der Waals surface area contributed by atoms with E-state index in [2.05, 4.69) is 15.9 Å². The number of benzene rings is 3. The second-order valence-corrected chi connectivity index (χ2v) is 8.43. The van der Waals surface area contributed by atoms with E-state index in [9.17, 15) is 8.78 Å². The van der Waals surface area contributed by atoms with Crippen LogP contribution in [-0.2, 0) is 19.5 Å². The van der Waals surface area contributed by atoms with Crippen molar-refractivity contribution in [3.05, 3.63) is 92.7 Å². The molecule has 0 heterocycles. The van der Waals surface area contributed by atoms with Crippen LogP contribution in [0.5, 0.6) is 5.75 Å². The molecule has 178 valence electrons. The van der Waals surface area contributed by atoms with Crippen LogP contribution in [0.25, 0.3) is 0 Å². The van der Waals surface area contributed by atoms with Crippen molar-refractivity contribution in [2.45, 2.75) is 53.6 Å². The molecule has 0 saturated carbocycles. The third-order valence-corrected chi connectivity index (χ3v) is 5.99. The molecule has 0 aliphatic carbocycles. The highest BCUT2D eigenvalue weighted by Gasteiger charge is 2.21. The fourth-order valence-corrected chi connectivity index (χ4v) is 4.18. The number of anilines is 1. The van der Waals surface area contributed by atoms with Gasteiger partial charge in [0.15, 0.2) is 0 Å². The van der Waals surface area contributed by atoms with Crippen molar-refractivity contribution in [1.29, 1.82) is 0 Å². The summed E-state index contributed by atoms with van der Waals surface area (Å²) in [6.45, 7) is 8.50. The molecule has 33 heavy (non-hydrogen) atoms. The van der Waals surface area contributed by atoms with Crippen LogP contribution >= 0.6 is 15.9 Å². The number of hydrogen-bond acceptors (Lipinski definition) is 2. The van der Waals surface area contributed by atoms with Gasteiger partial charge in [0.1, 0.15) is 11.6 Å². The minimum Gasteiger partial charge on any atom is -0.497 e. The Morgan fingerprint density at radius 2 is 1.42 bits per heavy atom. The SMILES string of the molecule is CC.COc1ccc(CN(Cc2ccc(C)cc2)c2cc(Br)c(CC(F)F)c(C)c2F)cc1. The molecule has 0 saturated heterocycles. The van der Waals surface area contributed by atoms with E-state index in [4.69, 9.17) is 4.74 Å². The van der Waals surface area contributed by atoms with Crippen LogP contribution in [0.15, 0.2) is 59.1 Å². The maximum absolute atomic E-state index is 15.4. The summed E-state index contributed by atoms with van der Waals surface area (Å²) in [5.41, 5.74) is 4.08. The highest BCUT2D eigenvalue weighted by atomic mass is 79.9. The Labute approximate surface area is 203 Å². The average molecular weight is 522 g/mol. The van der Waals surface area contributed by atoms with E-state index in [0.717, 1.165) is 22.4 Å². The molecule has 0 fully saturated rings. The van der Waals surface area contributed by atoms with Gasteiger partial charge in [0.25, 0.3) is 0 Å². The molecule has 3 aromatic rings. The van der Waals surface area contributed by atoms with Crippen LogP contribution in [-0.4, -0.2) is 13.5 Å². The number of nitrogens with zero attached hydrogens (tertiary/aromatic N) is 1. The first-order valence-electron chi connectivity index (χ1n) is 11.0. The van der Waals surface area contributed by atoms with E-state index >= 15 is 4.39 Å². The predicted molar refractivity (Wildman–Crippen MR) is 134 cm³/mol. The number of rotatable bonds is 8. The van der Waals surface area contributed by atoms with E-state index in [0.29, 0.717) is 28.8 Å². The highest BCUT2D eigenvalue weighted by molar-refractivity contribution is 9.10. The van der Waals surface area contributed by atoms with Crippen molar-refractivity contribution in [2.75, 3.05) is 12.0 Å². The summed E-state index contributed by atoms with van der Waals surface area (Å²) in [6, 6.07) is 17.3. The van der Waals surface area contributed by atoms with Gasteiger partial charge in [-0.1, -0.05) is 71.7 Å². The van der Waals surface area contributed by atoms with Crippen molar-refractivity contribution in [3.63, 3.8) is 0 Å². The highest BCUT2D eigenvalue weighted by Crippen LogP contribution is 2.34. The summed E-state index contributed by atoms with van der Waals surface area (Å²) >= 11 is 3.39. The Kier molecular flexibility index (Phi) is 10.3. The van der Waals surface area contributed by atoms with Crippen molar-refractivity contribution >= 4 is 21.6 Å². The normalized spacial score (nSPS) is 10.6. The van der Waals surface area contributed by atoms with E-state index in [1.54, 1.807) is 20.1 Å². The molecule has 0 aromatic heterocycles. The van der Waals surface area contributed by atoms with Crippen LogP contribution in [0.3, 0.4) is 0 Å². The molecule has 6 heteroatoms. The fraction of sp³-hybridized carbons (Fsp3) is 0.333. The molecule has 0 atom stereocenters. The topological polar surface area (TPSA) is 12.5 Å². The zero-order valence-electron chi connectivity index (χ0n) is 19.8. The monoisotopic (exact) mass is 521 g/mol. The number of hydrogen-bond donors (Lipinski definition) is 0. The Bertz CT molecular complexity index is 1020. The number of methoxy groups -OCH3 is 1. The smallest absolute Gasteiger partial charge is 0.242 e. The summed E-state index contributed by atoms with van der Waals surface area (Å²) < 4.78 is 47.1. The van der Waals surface area contributed by atoms with E-state index in [1.807, 2.05) is 74.2 Å². The fourth-order valence-electron chi connectivity index (χ4n) is 3.50. The summed E-state index contributed by atoms with van der Waals surface area (Å²) in [6.07, 6.45) is -3.02. The molecule has 0 N–H and O–H groups in total. The second-order valence-electron chi connectivity index (χ2n) is 7.58. The maximum Gasteiger partial charge on any atom is 0.242 e. The van der Waals surface area contributed by atoms with Gasteiger partial charge >= 0.3 is 0 Å². The van der Waals surface area contributed by atoms with E-state index in [-0.39, 0.29) is 5.56 Å². The molecule has 0 aliphatic heterocycles. The van der Waals surface area contributed by atoms with Gasteiger partial charge in [-0.3, -0.25) is 0 Å². The zero-order valence-corrected chi connectivity index (χ0v) is 21.3. The Morgan fingerprint density at radius 1 is 0.909 bits per heavy atom. The first kappa shape index (κ1) is 26.8. The van der Waals surface area contributed by atoms with Gasteiger partial charge in [-0.25, -0.2) is 13.2 Å². The van der Waals surface area contributed by atoms with Gasteiger partial charge < -0.3 is 9.64 Å². The van der Waals surface area contributed by atoms with Crippen LogP contribution in [0.2, 0.25) is 0 Å². The molecule has 0 spiro atoms. The number of alkyl halides is 2. The molecule has 0 amide bonds. The Balaban J connectivity index is 0.00000187. The third kappa shape index (κ3) is 7.26. The molecular weight excluding hydrogens is 491 g/mol. The summed E-state index contributed by atoms with van der Waals surface area (Å²) in [4.78, 5) is 1.92. The molecule has 3 aromatic carbocycles. The van der Waals surface area contributed by atoms with E-state index in [1.165, 1.54) is 0 Å². The minimum absolute atomic E-state index is 0.244. The standard InChI is InChI=1S/C25H25BrF3NO.C2H6/c1-16-4-6-18(7-5-16)14-30(15-19-8-10-20(31-3)11-9-19)23-13-22(26)21(12-24(27)28)17(2)25(23)29;1-2/h4-11,13,24H,12,14-15H2,1-3H3;1-2H3. The quantitative estimate of drug-likeness (QED) is 0.295. The molecule has 0 unspecified atom stereocenters. The molecule has 3 rings (SSSR count). The molecular formula is C27H31BrF3NO. The zero-order chi connectivity index (χ0) is 24.5. The van der Waals surface area contributed by atoms with E-state index < -0.39 is 18.7 Å². The number of aryl methyl sites for hydroxylation is 1. The van der Waals surface area contributed by atoms with Gasteiger partial charge in [-0.15, -0.1) is 0 Å². The third-order valence-electron chi connectivity index (χ3n) is 5.28. The first-order valence-corrected chi connectivity index (χ1v) is 11.8. The van der Waals surface area contributed by atoms with Crippen molar-refractivity contribution in [1.82, 2.24) is 0 Å². The van der Waals surface area contributed by atoms with Crippen molar-refractivity contribution in [2.24, 2.45) is 0 Å². The van der Waals surface area contributed by atoms with Crippen molar-refractivity contribution in [3.8, 4) is 5.75 Å². The van der Waals surface area contributed by atoms with Gasteiger partial charge in [0.05, 0.1) is 12.8 Å². The summed E-state index contributed by atoms with van der Waals surface area (Å²) in [5, 5.41) is 0. The summed E-state index contributed by atoms with van der Waals surface area (Å²) in [5.74, 6) is 0.273. The van der Waals surface area contributed by atoms with Gasteiger partial charge in [0.2, 0.25) is 6.43 Å². The van der Waals surface area contributed by atoms with Crippen LogP contribution in [0.1, 0.15) is 41.7 Å². The second kappa shape index (κ2) is 12.7. The molecule has 2 nitrogen and oxygen atoms in total. The molecule has 0 radical (unpaired) electrons. The maximum atomic E-state index is 15.4. The number of ether oxygens (including phenoxy) is 1. The first-order chi connectivity index (χ1) is 15.8. The lowest BCUT2D eigenvalue weighted by Gasteiger charge is -2.27. The number of halogens is 4. The van der Waals surface area contributed by atoms with Crippen LogP contribution in [0.4, 0.5) is 18.9 Å². The largest absolute Gasteiger partial charge is 0.497 e. The Hall–Kier alpha value is -2.47. The van der Waals surface area contributed by atoms with Gasteiger partial charge in [0, 0.05) is 24.0 Å². The van der Waals surface area contributed by atoms with Crippen LogP contribution < -0.4 is 9.64 Å². The Morgan fingerprint density at radius 3 is 1.91 bits per heavy atom. The lowest BCUT2D eigenvalue weighted by molar-refractivity contribution is 0.148. The summed E-state index contributed by atoms with van der Waals surface area (Å²) in [7, 11) is 1.61. The predicted octanol–water partition coefficient (Wildman–Crippen LogP) is 8.25. The minimum atomic E-state index is -2.54. The van der Waals surface area contributed by atoms with Gasteiger partial charge in [-0.05, 0) is 54.3 Å². The molecule has 0 bridgehead atoms. The molecule has 0 aliphatic rings. The lowest BCUT2D eigenvalue weighted by atomic mass is 10.0. The lowest BCUT2D eigenvalue weighted by Crippen LogP contribution is -2.24.